The van der Waals surface area contributed by atoms with Gasteiger partial charge in [-0.25, -0.2) is 9.97 Å². The summed E-state index contributed by atoms with van der Waals surface area (Å²) in [5.41, 5.74) is 1.85. The summed E-state index contributed by atoms with van der Waals surface area (Å²) in [4.78, 5) is 8.31. The molecule has 0 unspecified atom stereocenters. The number of benzene rings is 1. The topological polar surface area (TPSA) is 37.8 Å². The molecular weight excluding hydrogens is 314 g/mol. The van der Waals surface area contributed by atoms with Crippen molar-refractivity contribution in [1.29, 1.82) is 0 Å². The maximum absolute atomic E-state index is 6.18. The fraction of sp³-hybridized carbons (Fsp3) is 0.231. The summed E-state index contributed by atoms with van der Waals surface area (Å²) in [6, 6.07) is 7.93. The highest BCUT2D eigenvalue weighted by Crippen LogP contribution is 2.32. The van der Waals surface area contributed by atoms with E-state index in [0.29, 0.717) is 5.15 Å². The minimum absolute atomic E-state index is 0.464. The van der Waals surface area contributed by atoms with Crippen LogP contribution in [0.5, 0.6) is 0 Å². The van der Waals surface area contributed by atoms with Crippen LogP contribution in [-0.4, -0.2) is 16.5 Å². The van der Waals surface area contributed by atoms with Crippen molar-refractivity contribution < 1.29 is 0 Å². The first-order valence-electron chi connectivity index (χ1n) is 5.72. The van der Waals surface area contributed by atoms with Crippen LogP contribution in [0, 0.1) is 0 Å². The average molecular weight is 327 g/mol. The zero-order valence-electron chi connectivity index (χ0n) is 9.95. The Bertz CT molecular complexity index is 528. The third-order valence-electron chi connectivity index (χ3n) is 2.48. The van der Waals surface area contributed by atoms with Crippen LogP contribution in [-0.2, 0) is 0 Å². The second-order valence-electron chi connectivity index (χ2n) is 3.82. The molecule has 0 aliphatic heterocycles. The lowest BCUT2D eigenvalue weighted by Gasteiger charge is -2.11. The molecule has 0 fully saturated rings. The van der Waals surface area contributed by atoms with Crippen LogP contribution in [0.2, 0.25) is 5.15 Å². The Balaban J connectivity index is 2.44. The van der Waals surface area contributed by atoms with Gasteiger partial charge in [0.05, 0.1) is 5.56 Å². The summed E-state index contributed by atoms with van der Waals surface area (Å²) in [5, 5.41) is 3.73. The number of nitrogens with one attached hydrogen (secondary N) is 1. The molecule has 0 amide bonds. The molecule has 0 saturated carbocycles. The van der Waals surface area contributed by atoms with Gasteiger partial charge in [0.2, 0.25) is 0 Å². The second-order valence-corrected chi connectivity index (χ2v) is 5.10. The number of rotatable bonds is 4. The molecule has 0 spiro atoms. The molecule has 5 heteroatoms. The molecule has 0 saturated heterocycles. The monoisotopic (exact) mass is 325 g/mol. The Kier molecular flexibility index (Phi) is 4.55. The van der Waals surface area contributed by atoms with Crippen molar-refractivity contribution in [2.75, 3.05) is 11.9 Å². The highest BCUT2D eigenvalue weighted by atomic mass is 79.9. The number of hydrogen-bond donors (Lipinski definition) is 1. The van der Waals surface area contributed by atoms with Gasteiger partial charge in [0.15, 0.2) is 0 Å². The Morgan fingerprint density at radius 2 is 1.94 bits per heavy atom. The molecule has 94 valence electrons. The lowest BCUT2D eigenvalue weighted by atomic mass is 10.1. The van der Waals surface area contributed by atoms with Crippen LogP contribution in [0.25, 0.3) is 11.1 Å². The maximum atomic E-state index is 6.18. The molecule has 0 aliphatic carbocycles. The first-order chi connectivity index (χ1) is 8.72. The van der Waals surface area contributed by atoms with E-state index < -0.39 is 0 Å². The zero-order valence-corrected chi connectivity index (χ0v) is 12.3. The Morgan fingerprint density at radius 1 is 1.22 bits per heavy atom. The molecule has 0 radical (unpaired) electrons. The van der Waals surface area contributed by atoms with Crippen LogP contribution < -0.4 is 5.32 Å². The van der Waals surface area contributed by atoms with Gasteiger partial charge in [-0.2, -0.15) is 0 Å². The molecule has 1 aromatic heterocycles. The van der Waals surface area contributed by atoms with Gasteiger partial charge in [-0.3, -0.25) is 0 Å². The third-order valence-corrected chi connectivity index (χ3v) is 3.29. The Labute approximate surface area is 120 Å². The van der Waals surface area contributed by atoms with Gasteiger partial charge in [0.1, 0.15) is 17.3 Å². The fourth-order valence-electron chi connectivity index (χ4n) is 1.61. The van der Waals surface area contributed by atoms with Crippen molar-refractivity contribution in [3.63, 3.8) is 0 Å². The quantitative estimate of drug-likeness (QED) is 0.847. The van der Waals surface area contributed by atoms with E-state index in [-0.39, 0.29) is 0 Å². The third kappa shape index (κ3) is 3.00. The molecule has 1 heterocycles. The molecule has 1 N–H and O–H groups in total. The van der Waals surface area contributed by atoms with Gasteiger partial charge in [-0.1, -0.05) is 46.6 Å². The molecule has 0 bridgehead atoms. The predicted molar refractivity (Wildman–Crippen MR) is 79.0 cm³/mol. The van der Waals surface area contributed by atoms with Gasteiger partial charge >= 0.3 is 0 Å². The van der Waals surface area contributed by atoms with E-state index in [4.69, 9.17) is 11.6 Å². The summed E-state index contributed by atoms with van der Waals surface area (Å²) >= 11 is 9.60. The molecule has 3 nitrogen and oxygen atoms in total. The Hall–Kier alpha value is -1.13. The molecule has 18 heavy (non-hydrogen) atoms. The van der Waals surface area contributed by atoms with Crippen LogP contribution in [0.15, 0.2) is 35.1 Å². The van der Waals surface area contributed by atoms with Crippen molar-refractivity contribution in [1.82, 2.24) is 9.97 Å². The second kappa shape index (κ2) is 6.16. The van der Waals surface area contributed by atoms with Crippen LogP contribution in [0.4, 0.5) is 5.82 Å². The standard InChI is InChI=1S/C13H13BrClN3/c1-2-7-16-13-11(12(15)17-8-18-13)9-3-5-10(14)6-4-9/h3-6,8H,2,7H2,1H3,(H,16,17,18). The number of anilines is 1. The van der Waals surface area contributed by atoms with Gasteiger partial charge in [-0.15, -0.1) is 0 Å². The highest BCUT2D eigenvalue weighted by Gasteiger charge is 2.11. The largest absolute Gasteiger partial charge is 0.369 e. The fourth-order valence-corrected chi connectivity index (χ4v) is 2.12. The smallest absolute Gasteiger partial charge is 0.142 e. The molecule has 0 aliphatic rings. The van der Waals surface area contributed by atoms with Crippen molar-refractivity contribution in [2.24, 2.45) is 0 Å². The highest BCUT2D eigenvalue weighted by molar-refractivity contribution is 9.10. The van der Waals surface area contributed by atoms with E-state index in [1.165, 1.54) is 6.33 Å². The van der Waals surface area contributed by atoms with Crippen LogP contribution in [0.1, 0.15) is 13.3 Å². The van der Waals surface area contributed by atoms with E-state index in [9.17, 15) is 0 Å². The number of hydrogen-bond acceptors (Lipinski definition) is 3. The summed E-state index contributed by atoms with van der Waals surface area (Å²) in [7, 11) is 0. The van der Waals surface area contributed by atoms with Crippen molar-refractivity contribution >= 4 is 33.3 Å². The van der Waals surface area contributed by atoms with Gasteiger partial charge in [0.25, 0.3) is 0 Å². The minimum atomic E-state index is 0.464. The normalized spacial score (nSPS) is 10.4. The SMILES string of the molecule is CCCNc1ncnc(Cl)c1-c1ccc(Br)cc1. The molecule has 1 aromatic carbocycles. The van der Waals surface area contributed by atoms with Gasteiger partial charge < -0.3 is 5.32 Å². The Morgan fingerprint density at radius 3 is 2.61 bits per heavy atom. The van der Waals surface area contributed by atoms with Gasteiger partial charge in [0, 0.05) is 11.0 Å². The van der Waals surface area contributed by atoms with E-state index in [0.717, 1.165) is 34.4 Å². The van der Waals surface area contributed by atoms with Crippen LogP contribution in [0.3, 0.4) is 0 Å². The number of aromatic nitrogens is 2. The first-order valence-corrected chi connectivity index (χ1v) is 6.89. The molecule has 0 atom stereocenters. The summed E-state index contributed by atoms with van der Waals surface area (Å²) in [6.07, 6.45) is 2.50. The van der Waals surface area contributed by atoms with E-state index in [1.807, 2.05) is 24.3 Å². The summed E-state index contributed by atoms with van der Waals surface area (Å²) < 4.78 is 1.03. The summed E-state index contributed by atoms with van der Waals surface area (Å²) in [5.74, 6) is 0.777. The van der Waals surface area contributed by atoms with E-state index in [2.05, 4.69) is 38.1 Å². The molecular formula is C13H13BrClN3. The van der Waals surface area contributed by atoms with Crippen LogP contribution >= 0.6 is 27.5 Å². The minimum Gasteiger partial charge on any atom is -0.369 e. The number of nitrogens with zero attached hydrogens (tertiary/aromatic N) is 2. The first kappa shape index (κ1) is 13.3. The predicted octanol–water partition coefficient (Wildman–Crippen LogP) is 4.38. The lowest BCUT2D eigenvalue weighted by molar-refractivity contribution is 0.965. The van der Waals surface area contributed by atoms with E-state index in [1.54, 1.807) is 0 Å². The van der Waals surface area contributed by atoms with Gasteiger partial charge in [-0.05, 0) is 24.1 Å². The van der Waals surface area contributed by atoms with Crippen molar-refractivity contribution in [3.05, 3.63) is 40.2 Å². The zero-order chi connectivity index (χ0) is 13.0. The average Bonchev–Trinajstić information content (AvgIpc) is 2.38. The molecule has 2 rings (SSSR count). The maximum Gasteiger partial charge on any atom is 0.142 e. The number of halogens is 2. The van der Waals surface area contributed by atoms with Crippen molar-refractivity contribution in [3.8, 4) is 11.1 Å². The van der Waals surface area contributed by atoms with Crippen molar-refractivity contribution in [2.45, 2.75) is 13.3 Å². The lowest BCUT2D eigenvalue weighted by Crippen LogP contribution is -2.04. The van der Waals surface area contributed by atoms with E-state index >= 15 is 0 Å². The summed E-state index contributed by atoms with van der Waals surface area (Å²) in [6.45, 7) is 2.96. The molecule has 2 aromatic rings.